The molecule has 1 aliphatic rings. The number of rotatable bonds is 2. The summed E-state index contributed by atoms with van der Waals surface area (Å²) >= 11 is 3.33. The number of carbonyl (C=O) groups excluding carboxylic acids is 1. The number of esters is 1. The molecule has 0 unspecified atom stereocenters. The fourth-order valence-corrected chi connectivity index (χ4v) is 2.62. The van der Waals surface area contributed by atoms with Crippen LogP contribution < -0.4 is 0 Å². The molecule has 0 aromatic carbocycles. The minimum atomic E-state index is -0.411. The van der Waals surface area contributed by atoms with E-state index in [9.17, 15) is 4.79 Å². The van der Waals surface area contributed by atoms with Crippen LogP contribution >= 0.6 is 15.9 Å². The Morgan fingerprint density at radius 2 is 2.35 bits per heavy atom. The number of halogens is 1. The maximum Gasteiger partial charge on any atom is 0.302 e. The normalized spacial score (nSPS) is 26.1. The van der Waals surface area contributed by atoms with Crippen LogP contribution in [0.2, 0.25) is 0 Å². The number of hydrogen-bond donors (Lipinski definition) is 0. The summed E-state index contributed by atoms with van der Waals surface area (Å²) in [5.41, 5.74) is 1.32. The van der Waals surface area contributed by atoms with Crippen LogP contribution in [0, 0.1) is 6.92 Å². The third-order valence-corrected chi connectivity index (χ3v) is 3.70. The summed E-state index contributed by atoms with van der Waals surface area (Å²) in [5.74, 6) is -0.339. The fourth-order valence-electron chi connectivity index (χ4n) is 2.25. The Labute approximate surface area is 123 Å². The summed E-state index contributed by atoms with van der Waals surface area (Å²) in [7, 11) is 0. The van der Waals surface area contributed by atoms with Gasteiger partial charge < -0.3 is 9.47 Å². The minimum absolute atomic E-state index is 0.311. The summed E-state index contributed by atoms with van der Waals surface area (Å²) in [6.45, 7) is 5.23. The Hall–Kier alpha value is -1.54. The van der Waals surface area contributed by atoms with Gasteiger partial charge in [0, 0.05) is 13.3 Å². The molecule has 3 rings (SSSR count). The van der Waals surface area contributed by atoms with Crippen LogP contribution in [0.15, 0.2) is 17.3 Å². The van der Waals surface area contributed by atoms with Gasteiger partial charge in [-0.2, -0.15) is 0 Å². The number of ether oxygens (including phenoxy) is 2. The Bertz CT molecular complexity index is 659. The number of hydrogen-bond acceptors (Lipinski definition) is 6. The zero-order valence-electron chi connectivity index (χ0n) is 10.7. The zero-order valence-corrected chi connectivity index (χ0v) is 12.3. The molecule has 1 radical (unpaired) electrons. The van der Waals surface area contributed by atoms with Gasteiger partial charge in [0.15, 0.2) is 5.65 Å². The molecule has 20 heavy (non-hydrogen) atoms. The molecule has 105 valence electrons. The molecule has 1 aliphatic heterocycles. The van der Waals surface area contributed by atoms with E-state index < -0.39 is 6.10 Å². The largest absolute Gasteiger partial charge is 0.460 e. The highest BCUT2D eigenvalue weighted by Gasteiger charge is 2.36. The first-order valence-corrected chi connectivity index (χ1v) is 6.84. The first kappa shape index (κ1) is 13.4. The number of nitrogens with zero attached hydrogens (tertiary/aromatic N) is 4. The Morgan fingerprint density at radius 3 is 3.10 bits per heavy atom. The van der Waals surface area contributed by atoms with E-state index >= 15 is 0 Å². The first-order valence-electron chi connectivity index (χ1n) is 6.05. The van der Waals surface area contributed by atoms with Crippen LogP contribution in [-0.4, -0.2) is 37.7 Å². The molecule has 3 heterocycles. The minimum Gasteiger partial charge on any atom is -0.460 e. The van der Waals surface area contributed by atoms with Crippen molar-refractivity contribution in [1.29, 1.82) is 0 Å². The predicted molar refractivity (Wildman–Crippen MR) is 72.5 cm³/mol. The van der Waals surface area contributed by atoms with Crippen LogP contribution in [0.25, 0.3) is 11.2 Å². The summed E-state index contributed by atoms with van der Waals surface area (Å²) in [6, 6.07) is 0. The smallest absolute Gasteiger partial charge is 0.302 e. The standard InChI is InChI=1S/C12H12BrN4O3/c1-6-8(20-7(2)18)3-9(19-6)17-5-16-10-11(13)14-4-15-12(10)17/h4-6,8-9H,1,3H2,2H3/t6-,8+,9-/m1/s1. The van der Waals surface area contributed by atoms with Gasteiger partial charge in [-0.3, -0.25) is 9.36 Å². The second kappa shape index (κ2) is 5.10. The molecule has 0 aliphatic carbocycles. The Balaban J connectivity index is 1.89. The van der Waals surface area contributed by atoms with E-state index in [1.165, 1.54) is 13.3 Å². The van der Waals surface area contributed by atoms with Crippen molar-refractivity contribution in [2.24, 2.45) is 0 Å². The molecule has 1 fully saturated rings. The van der Waals surface area contributed by atoms with Crippen molar-refractivity contribution in [2.45, 2.75) is 31.8 Å². The average molecular weight is 340 g/mol. The predicted octanol–water partition coefficient (Wildman–Crippen LogP) is 1.64. The first-order chi connectivity index (χ1) is 9.56. The van der Waals surface area contributed by atoms with E-state index in [1.54, 1.807) is 10.9 Å². The van der Waals surface area contributed by atoms with E-state index in [4.69, 9.17) is 9.47 Å². The highest BCUT2D eigenvalue weighted by Crippen LogP contribution is 2.32. The molecule has 0 bridgehead atoms. The van der Waals surface area contributed by atoms with Gasteiger partial charge in [0.25, 0.3) is 0 Å². The molecule has 0 N–H and O–H groups in total. The monoisotopic (exact) mass is 339 g/mol. The fraction of sp³-hybridized carbons (Fsp3) is 0.417. The second-order valence-corrected chi connectivity index (χ2v) is 5.25. The van der Waals surface area contributed by atoms with E-state index in [2.05, 4.69) is 37.8 Å². The maximum atomic E-state index is 11.0. The van der Waals surface area contributed by atoms with Crippen molar-refractivity contribution in [3.8, 4) is 0 Å². The molecular weight excluding hydrogens is 328 g/mol. The van der Waals surface area contributed by atoms with E-state index in [0.717, 1.165) is 0 Å². The highest BCUT2D eigenvalue weighted by atomic mass is 79.9. The molecular formula is C12H12BrN4O3. The molecule has 0 amide bonds. The van der Waals surface area contributed by atoms with Gasteiger partial charge in [0.05, 0.1) is 12.4 Å². The molecule has 2 aromatic rings. The second-order valence-electron chi connectivity index (χ2n) is 4.50. The van der Waals surface area contributed by atoms with Gasteiger partial charge in [0.1, 0.15) is 28.8 Å². The van der Waals surface area contributed by atoms with Crippen molar-refractivity contribution in [2.75, 3.05) is 0 Å². The molecule has 1 saturated heterocycles. The summed E-state index contributed by atoms with van der Waals surface area (Å²) in [6.07, 6.45) is 2.52. The lowest BCUT2D eigenvalue weighted by molar-refractivity contribution is -0.147. The number of aromatic nitrogens is 4. The van der Waals surface area contributed by atoms with Gasteiger partial charge in [-0.1, -0.05) is 0 Å². The molecule has 0 saturated carbocycles. The Kier molecular flexibility index (Phi) is 3.43. The highest BCUT2D eigenvalue weighted by molar-refractivity contribution is 9.10. The van der Waals surface area contributed by atoms with Crippen LogP contribution in [0.1, 0.15) is 19.6 Å². The van der Waals surface area contributed by atoms with E-state index in [1.807, 2.05) is 0 Å². The lowest BCUT2D eigenvalue weighted by atomic mass is 10.2. The summed E-state index contributed by atoms with van der Waals surface area (Å²) in [4.78, 5) is 23.5. The average Bonchev–Trinajstić information content (AvgIpc) is 2.94. The van der Waals surface area contributed by atoms with Crippen LogP contribution in [0.5, 0.6) is 0 Å². The quantitative estimate of drug-likeness (QED) is 0.611. The van der Waals surface area contributed by atoms with Gasteiger partial charge in [0.2, 0.25) is 0 Å². The molecule has 0 spiro atoms. The lowest BCUT2D eigenvalue weighted by Crippen LogP contribution is -2.23. The van der Waals surface area contributed by atoms with Crippen molar-refractivity contribution in [3.63, 3.8) is 0 Å². The Morgan fingerprint density at radius 1 is 1.55 bits per heavy atom. The maximum absolute atomic E-state index is 11.0. The van der Waals surface area contributed by atoms with Crippen molar-refractivity contribution in [1.82, 2.24) is 19.5 Å². The SMILES string of the molecule is [CH2][C@H]1O[C@@H](n2cnc3c(Br)ncnc32)C[C@@H]1OC(C)=O. The van der Waals surface area contributed by atoms with Crippen molar-refractivity contribution >= 4 is 33.1 Å². The lowest BCUT2D eigenvalue weighted by Gasteiger charge is -2.12. The molecule has 2 aromatic heterocycles. The molecule has 3 atom stereocenters. The van der Waals surface area contributed by atoms with Crippen LogP contribution in [-0.2, 0) is 14.3 Å². The van der Waals surface area contributed by atoms with Gasteiger partial charge >= 0.3 is 5.97 Å². The zero-order chi connectivity index (χ0) is 14.3. The third-order valence-electron chi connectivity index (χ3n) is 3.12. The van der Waals surface area contributed by atoms with Gasteiger partial charge in [-0.05, 0) is 22.9 Å². The number of imidazole rings is 1. The van der Waals surface area contributed by atoms with Crippen molar-refractivity contribution < 1.29 is 14.3 Å². The summed E-state index contributed by atoms with van der Waals surface area (Å²) in [5, 5.41) is 0. The van der Waals surface area contributed by atoms with Gasteiger partial charge in [-0.15, -0.1) is 0 Å². The summed E-state index contributed by atoms with van der Waals surface area (Å²) < 4.78 is 13.3. The van der Waals surface area contributed by atoms with E-state index in [-0.39, 0.29) is 18.3 Å². The van der Waals surface area contributed by atoms with Crippen LogP contribution in [0.4, 0.5) is 0 Å². The molecule has 7 nitrogen and oxygen atoms in total. The van der Waals surface area contributed by atoms with E-state index in [0.29, 0.717) is 22.2 Å². The molecule has 8 heteroatoms. The number of fused-ring (bicyclic) bond motifs is 1. The number of carbonyl (C=O) groups is 1. The van der Waals surface area contributed by atoms with Crippen molar-refractivity contribution in [3.05, 3.63) is 24.2 Å². The topological polar surface area (TPSA) is 79.1 Å². The van der Waals surface area contributed by atoms with Crippen LogP contribution in [0.3, 0.4) is 0 Å². The third kappa shape index (κ3) is 2.29. The van der Waals surface area contributed by atoms with Gasteiger partial charge in [-0.25, -0.2) is 15.0 Å².